The van der Waals surface area contributed by atoms with Gasteiger partial charge in [0, 0.05) is 30.9 Å². The first-order valence-corrected chi connectivity index (χ1v) is 7.50. The SMILES string of the molecule is Cc1cnc([C@H]2CCCN(Cc3ccsc3)C2)[nH]1. The van der Waals surface area contributed by atoms with E-state index in [1.807, 2.05) is 6.20 Å². The van der Waals surface area contributed by atoms with Crippen LogP contribution in [0.4, 0.5) is 0 Å². The van der Waals surface area contributed by atoms with E-state index in [1.54, 1.807) is 11.3 Å². The van der Waals surface area contributed by atoms with Gasteiger partial charge in [-0.2, -0.15) is 11.3 Å². The summed E-state index contributed by atoms with van der Waals surface area (Å²) in [7, 11) is 0. The summed E-state index contributed by atoms with van der Waals surface area (Å²) in [4.78, 5) is 10.4. The van der Waals surface area contributed by atoms with Crippen molar-refractivity contribution in [2.75, 3.05) is 13.1 Å². The summed E-state index contributed by atoms with van der Waals surface area (Å²) in [6.07, 6.45) is 4.47. The molecule has 1 fully saturated rings. The third-order valence-electron chi connectivity index (χ3n) is 3.60. The molecule has 0 aliphatic carbocycles. The summed E-state index contributed by atoms with van der Waals surface area (Å²) in [5.74, 6) is 1.74. The van der Waals surface area contributed by atoms with Gasteiger partial charge in [0.25, 0.3) is 0 Å². The molecule has 1 aliphatic rings. The highest BCUT2D eigenvalue weighted by molar-refractivity contribution is 7.07. The average Bonchev–Trinajstić information content (AvgIpc) is 3.01. The Hall–Kier alpha value is -1.13. The minimum atomic E-state index is 0.575. The molecule has 3 rings (SSSR count). The van der Waals surface area contributed by atoms with Crippen LogP contribution < -0.4 is 0 Å². The normalized spacial score (nSPS) is 21.3. The number of nitrogens with one attached hydrogen (secondary N) is 1. The van der Waals surface area contributed by atoms with Gasteiger partial charge in [0.1, 0.15) is 5.82 Å². The summed E-state index contributed by atoms with van der Waals surface area (Å²) in [5, 5.41) is 4.41. The topological polar surface area (TPSA) is 31.9 Å². The molecular formula is C14H19N3S. The molecule has 0 bridgehead atoms. The summed E-state index contributed by atoms with van der Waals surface area (Å²) >= 11 is 1.78. The number of aryl methyl sites for hydroxylation is 1. The van der Waals surface area contributed by atoms with Gasteiger partial charge < -0.3 is 4.98 Å². The van der Waals surface area contributed by atoms with Crippen LogP contribution in [0.2, 0.25) is 0 Å². The van der Waals surface area contributed by atoms with E-state index in [1.165, 1.54) is 36.5 Å². The van der Waals surface area contributed by atoms with Crippen LogP contribution in [0.5, 0.6) is 0 Å². The molecule has 3 heterocycles. The van der Waals surface area contributed by atoms with E-state index in [-0.39, 0.29) is 0 Å². The molecule has 1 aliphatic heterocycles. The minimum Gasteiger partial charge on any atom is -0.346 e. The molecule has 1 saturated heterocycles. The number of aromatic nitrogens is 2. The van der Waals surface area contributed by atoms with Crippen molar-refractivity contribution in [3.05, 3.63) is 40.1 Å². The van der Waals surface area contributed by atoms with E-state index in [0.717, 1.165) is 13.1 Å². The lowest BCUT2D eigenvalue weighted by atomic mass is 9.97. The van der Waals surface area contributed by atoms with E-state index in [2.05, 4.69) is 38.6 Å². The number of rotatable bonds is 3. The van der Waals surface area contributed by atoms with Gasteiger partial charge in [0.05, 0.1) is 0 Å². The molecule has 0 aromatic carbocycles. The van der Waals surface area contributed by atoms with Crippen LogP contribution in [0, 0.1) is 6.92 Å². The van der Waals surface area contributed by atoms with Gasteiger partial charge >= 0.3 is 0 Å². The number of piperidine rings is 1. The average molecular weight is 261 g/mol. The highest BCUT2D eigenvalue weighted by Gasteiger charge is 2.23. The zero-order chi connectivity index (χ0) is 12.4. The van der Waals surface area contributed by atoms with Crippen molar-refractivity contribution in [2.45, 2.75) is 32.2 Å². The highest BCUT2D eigenvalue weighted by atomic mass is 32.1. The van der Waals surface area contributed by atoms with E-state index >= 15 is 0 Å². The molecule has 0 radical (unpaired) electrons. The van der Waals surface area contributed by atoms with Crippen LogP contribution in [-0.2, 0) is 6.54 Å². The maximum Gasteiger partial charge on any atom is 0.110 e. The Bertz CT molecular complexity index is 489. The fraction of sp³-hybridized carbons (Fsp3) is 0.500. The molecule has 4 heteroatoms. The smallest absolute Gasteiger partial charge is 0.110 e. The van der Waals surface area contributed by atoms with Crippen molar-refractivity contribution < 1.29 is 0 Å². The zero-order valence-electron chi connectivity index (χ0n) is 10.7. The van der Waals surface area contributed by atoms with Crippen LogP contribution in [0.15, 0.2) is 23.0 Å². The van der Waals surface area contributed by atoms with Crippen molar-refractivity contribution in [3.8, 4) is 0 Å². The molecule has 96 valence electrons. The fourth-order valence-electron chi connectivity index (χ4n) is 2.70. The van der Waals surface area contributed by atoms with Gasteiger partial charge in [-0.3, -0.25) is 4.90 Å². The number of likely N-dealkylation sites (tertiary alicyclic amines) is 1. The molecule has 2 aromatic heterocycles. The maximum atomic E-state index is 4.49. The molecular weight excluding hydrogens is 242 g/mol. The summed E-state index contributed by atoms with van der Waals surface area (Å²) in [5.41, 5.74) is 2.61. The number of aromatic amines is 1. The van der Waals surface area contributed by atoms with E-state index in [4.69, 9.17) is 0 Å². The molecule has 0 amide bonds. The van der Waals surface area contributed by atoms with E-state index in [9.17, 15) is 0 Å². The first kappa shape index (κ1) is 11.9. The number of nitrogens with zero attached hydrogens (tertiary/aromatic N) is 2. The lowest BCUT2D eigenvalue weighted by molar-refractivity contribution is 0.197. The Morgan fingerprint density at radius 3 is 3.22 bits per heavy atom. The summed E-state index contributed by atoms with van der Waals surface area (Å²) in [6.45, 7) is 5.50. The summed E-state index contributed by atoms with van der Waals surface area (Å²) in [6, 6.07) is 2.23. The van der Waals surface area contributed by atoms with Gasteiger partial charge in [-0.15, -0.1) is 0 Å². The van der Waals surface area contributed by atoms with Crippen LogP contribution in [0.1, 0.15) is 35.8 Å². The predicted octanol–water partition coefficient (Wildman–Crippen LogP) is 3.16. The summed E-state index contributed by atoms with van der Waals surface area (Å²) < 4.78 is 0. The zero-order valence-corrected chi connectivity index (χ0v) is 11.5. The van der Waals surface area contributed by atoms with Crippen LogP contribution in [0.25, 0.3) is 0 Å². The molecule has 0 spiro atoms. The van der Waals surface area contributed by atoms with Gasteiger partial charge in [-0.05, 0) is 48.7 Å². The number of thiophene rings is 1. The first-order valence-electron chi connectivity index (χ1n) is 6.56. The quantitative estimate of drug-likeness (QED) is 0.920. The van der Waals surface area contributed by atoms with E-state index < -0.39 is 0 Å². The number of imidazole rings is 1. The second-order valence-corrected chi connectivity index (χ2v) is 5.94. The third-order valence-corrected chi connectivity index (χ3v) is 4.33. The molecule has 0 unspecified atom stereocenters. The second kappa shape index (κ2) is 5.24. The minimum absolute atomic E-state index is 0.575. The van der Waals surface area contributed by atoms with Gasteiger partial charge in [0.2, 0.25) is 0 Å². The lowest BCUT2D eigenvalue weighted by Gasteiger charge is -2.31. The second-order valence-electron chi connectivity index (χ2n) is 5.16. The van der Waals surface area contributed by atoms with Crippen molar-refractivity contribution in [2.24, 2.45) is 0 Å². The first-order chi connectivity index (χ1) is 8.81. The Kier molecular flexibility index (Phi) is 3.48. The Labute approximate surface area is 112 Å². The van der Waals surface area contributed by atoms with Crippen molar-refractivity contribution in [1.82, 2.24) is 14.9 Å². The van der Waals surface area contributed by atoms with Crippen molar-refractivity contribution >= 4 is 11.3 Å². The lowest BCUT2D eigenvalue weighted by Crippen LogP contribution is -2.34. The molecule has 1 atom stereocenters. The monoisotopic (exact) mass is 261 g/mol. The van der Waals surface area contributed by atoms with Gasteiger partial charge in [0.15, 0.2) is 0 Å². The van der Waals surface area contributed by atoms with Crippen molar-refractivity contribution in [3.63, 3.8) is 0 Å². The standard InChI is InChI=1S/C14H19N3S/c1-11-7-15-14(16-11)13-3-2-5-17(9-13)8-12-4-6-18-10-12/h4,6-7,10,13H,2-3,5,8-9H2,1H3,(H,15,16)/t13-/m0/s1. The third kappa shape index (κ3) is 2.65. The maximum absolute atomic E-state index is 4.49. The Balaban J connectivity index is 1.65. The molecule has 0 saturated carbocycles. The van der Waals surface area contributed by atoms with Crippen LogP contribution in [-0.4, -0.2) is 28.0 Å². The van der Waals surface area contributed by atoms with Crippen LogP contribution in [0.3, 0.4) is 0 Å². The fourth-order valence-corrected chi connectivity index (χ4v) is 3.36. The Morgan fingerprint density at radius 2 is 2.50 bits per heavy atom. The Morgan fingerprint density at radius 1 is 1.56 bits per heavy atom. The van der Waals surface area contributed by atoms with Gasteiger partial charge in [-0.25, -0.2) is 4.98 Å². The molecule has 1 N–H and O–H groups in total. The molecule has 3 nitrogen and oxygen atoms in total. The number of H-pyrrole nitrogens is 1. The number of hydrogen-bond donors (Lipinski definition) is 1. The van der Waals surface area contributed by atoms with Crippen molar-refractivity contribution in [1.29, 1.82) is 0 Å². The largest absolute Gasteiger partial charge is 0.346 e. The van der Waals surface area contributed by atoms with Crippen LogP contribution >= 0.6 is 11.3 Å². The highest BCUT2D eigenvalue weighted by Crippen LogP contribution is 2.26. The predicted molar refractivity (Wildman–Crippen MR) is 74.9 cm³/mol. The molecule has 2 aromatic rings. The molecule has 18 heavy (non-hydrogen) atoms. The number of hydrogen-bond acceptors (Lipinski definition) is 3. The van der Waals surface area contributed by atoms with E-state index in [0.29, 0.717) is 5.92 Å². The van der Waals surface area contributed by atoms with Gasteiger partial charge in [-0.1, -0.05) is 0 Å².